The van der Waals surface area contributed by atoms with Crippen LogP contribution in [0.3, 0.4) is 0 Å². The number of carbonyl (C=O) groups is 3. The first kappa shape index (κ1) is 33.2. The number of likely N-dealkylation sites (N-methyl/N-ethyl adjacent to an activating group) is 1. The molecule has 2 N–H and O–H groups in total. The maximum atomic E-state index is 14.7. The third kappa shape index (κ3) is 7.58. The summed E-state index contributed by atoms with van der Waals surface area (Å²) in [6, 6.07) is 34.5. The van der Waals surface area contributed by atoms with E-state index in [0.29, 0.717) is 24.9 Å². The number of esters is 1. The highest BCUT2D eigenvalue weighted by atomic mass is 16.5. The fraction of sp³-hybridized carbons (Fsp3) is 0.225. The van der Waals surface area contributed by atoms with Gasteiger partial charge in [-0.05, 0) is 75.8 Å². The fourth-order valence-corrected chi connectivity index (χ4v) is 6.17. The molecule has 1 amide bonds. The molecule has 1 aromatic heterocycles. The van der Waals surface area contributed by atoms with E-state index in [1.165, 1.54) is 4.90 Å². The molecule has 6 aromatic rings. The second-order valence-electron chi connectivity index (χ2n) is 12.1. The van der Waals surface area contributed by atoms with Crippen molar-refractivity contribution in [2.24, 2.45) is 11.7 Å². The largest absolute Gasteiger partial charge is 0.460 e. The molecule has 49 heavy (non-hydrogen) atoms. The van der Waals surface area contributed by atoms with E-state index in [-0.39, 0.29) is 30.5 Å². The lowest BCUT2D eigenvalue weighted by molar-refractivity contribution is -0.135. The number of nitrogens with zero attached hydrogens (tertiary/aromatic N) is 3. The van der Waals surface area contributed by atoms with Gasteiger partial charge in [0.2, 0.25) is 11.8 Å². The van der Waals surface area contributed by atoms with Crippen LogP contribution in [0.1, 0.15) is 56.5 Å². The highest BCUT2D eigenvalue weighted by Crippen LogP contribution is 2.29. The van der Waals surface area contributed by atoms with E-state index in [1.807, 2.05) is 103 Å². The number of ketones is 1. The van der Waals surface area contributed by atoms with Gasteiger partial charge in [-0.15, -0.1) is 0 Å². The number of benzene rings is 5. The number of hydrogen-bond donors (Lipinski definition) is 1. The maximum absolute atomic E-state index is 14.7. The lowest BCUT2D eigenvalue weighted by atomic mass is 9.88. The van der Waals surface area contributed by atoms with Crippen LogP contribution in [0.15, 0.2) is 114 Å². The van der Waals surface area contributed by atoms with Gasteiger partial charge in [0.1, 0.15) is 12.0 Å². The number of rotatable bonds is 13. The Morgan fingerprint density at radius 1 is 0.776 bits per heavy atom. The Hall–Kier alpha value is -5.67. The van der Waals surface area contributed by atoms with Crippen molar-refractivity contribution in [3.8, 4) is 0 Å². The number of hydrogen-bond acceptors (Lipinski definition) is 8. The summed E-state index contributed by atoms with van der Waals surface area (Å²) in [6.45, 7) is 2.27. The Labute approximate surface area is 284 Å². The molecule has 0 saturated carbocycles. The van der Waals surface area contributed by atoms with E-state index >= 15 is 0 Å². The summed E-state index contributed by atoms with van der Waals surface area (Å²) in [6.07, 6.45) is 1.08. The number of aromatic nitrogens is 2. The van der Waals surface area contributed by atoms with Gasteiger partial charge in [0, 0.05) is 19.0 Å². The van der Waals surface area contributed by atoms with Crippen LogP contribution in [0.4, 0.5) is 0 Å². The van der Waals surface area contributed by atoms with Crippen LogP contribution >= 0.6 is 0 Å². The summed E-state index contributed by atoms with van der Waals surface area (Å²) in [5.74, 6) is -2.67. The summed E-state index contributed by atoms with van der Waals surface area (Å²) >= 11 is 0. The second kappa shape index (κ2) is 15.0. The molecule has 6 rings (SSSR count). The van der Waals surface area contributed by atoms with Gasteiger partial charge in [0.15, 0.2) is 5.78 Å². The molecule has 0 fully saturated rings. The smallest absolute Gasteiger partial charge is 0.379 e. The fourth-order valence-electron chi connectivity index (χ4n) is 6.17. The summed E-state index contributed by atoms with van der Waals surface area (Å²) < 4.78 is 10.7. The molecule has 5 aromatic carbocycles. The van der Waals surface area contributed by atoms with E-state index in [4.69, 9.17) is 15.0 Å². The van der Waals surface area contributed by atoms with Crippen LogP contribution in [-0.4, -0.2) is 52.9 Å². The van der Waals surface area contributed by atoms with Gasteiger partial charge in [-0.3, -0.25) is 9.59 Å². The van der Waals surface area contributed by atoms with Crippen molar-refractivity contribution in [1.29, 1.82) is 0 Å². The van der Waals surface area contributed by atoms with E-state index in [1.54, 1.807) is 20.0 Å². The van der Waals surface area contributed by atoms with Crippen molar-refractivity contribution in [3.63, 3.8) is 0 Å². The van der Waals surface area contributed by atoms with Crippen LogP contribution in [0.2, 0.25) is 0 Å². The molecule has 0 aliphatic heterocycles. The second-order valence-corrected chi connectivity index (χ2v) is 12.1. The first-order valence-corrected chi connectivity index (χ1v) is 16.4. The zero-order valence-corrected chi connectivity index (χ0v) is 27.5. The quantitative estimate of drug-likeness (QED) is 0.0845. The van der Waals surface area contributed by atoms with Crippen molar-refractivity contribution in [1.82, 2.24) is 15.0 Å². The van der Waals surface area contributed by atoms with E-state index in [0.717, 1.165) is 38.2 Å². The Kier molecular flexibility index (Phi) is 10.2. The van der Waals surface area contributed by atoms with Crippen molar-refractivity contribution in [3.05, 3.63) is 143 Å². The van der Waals surface area contributed by atoms with Crippen molar-refractivity contribution >= 4 is 39.2 Å². The van der Waals surface area contributed by atoms with Gasteiger partial charge in [-0.25, -0.2) is 4.79 Å². The lowest BCUT2D eigenvalue weighted by Gasteiger charge is -2.29. The molecule has 2 unspecified atom stereocenters. The molecule has 0 aliphatic rings. The average molecular weight is 655 g/mol. The minimum atomic E-state index is -1.06. The van der Waals surface area contributed by atoms with Crippen LogP contribution in [-0.2, 0) is 28.8 Å². The molecular weight excluding hydrogens is 616 g/mol. The third-order valence-electron chi connectivity index (χ3n) is 8.76. The van der Waals surface area contributed by atoms with Crippen molar-refractivity contribution in [2.75, 3.05) is 20.2 Å². The normalized spacial score (nSPS) is 12.5. The molecule has 0 radical (unpaired) electrons. The van der Waals surface area contributed by atoms with Gasteiger partial charge in [0.05, 0.1) is 6.61 Å². The van der Waals surface area contributed by atoms with Crippen LogP contribution in [0.25, 0.3) is 21.5 Å². The topological polar surface area (TPSA) is 129 Å². The number of amides is 1. The predicted molar refractivity (Wildman–Crippen MR) is 188 cm³/mol. The zero-order chi connectivity index (χ0) is 34.3. The van der Waals surface area contributed by atoms with E-state index in [2.05, 4.69) is 10.1 Å². The number of fused-ring (bicyclic) bond motifs is 2. The van der Waals surface area contributed by atoms with Crippen LogP contribution in [0.5, 0.6) is 0 Å². The van der Waals surface area contributed by atoms with Gasteiger partial charge in [-0.2, -0.15) is 4.98 Å². The lowest BCUT2D eigenvalue weighted by Crippen LogP contribution is -2.41. The monoisotopic (exact) mass is 654 g/mol. The number of ether oxygens (including phenoxy) is 1. The Morgan fingerprint density at radius 3 is 2.04 bits per heavy atom. The van der Waals surface area contributed by atoms with E-state index in [9.17, 15) is 14.4 Å². The molecule has 0 aliphatic carbocycles. The molecular formula is C40H38N4O5. The Balaban J connectivity index is 1.39. The number of carbonyl (C=O) groups excluding carboxylic acids is 3. The third-order valence-corrected chi connectivity index (χ3v) is 8.76. The summed E-state index contributed by atoms with van der Waals surface area (Å²) in [5, 5.41) is 8.06. The highest BCUT2D eigenvalue weighted by molar-refractivity contribution is 6.10. The zero-order valence-electron chi connectivity index (χ0n) is 27.5. The molecule has 0 spiro atoms. The van der Waals surface area contributed by atoms with Gasteiger partial charge < -0.3 is 19.9 Å². The molecule has 2 atom stereocenters. The molecule has 248 valence electrons. The summed E-state index contributed by atoms with van der Waals surface area (Å²) in [4.78, 5) is 47.4. The van der Waals surface area contributed by atoms with E-state index < -0.39 is 23.8 Å². The molecule has 1 heterocycles. The number of nitrogens with two attached hydrogens (primary N) is 1. The van der Waals surface area contributed by atoms with Crippen LogP contribution in [0, 0.1) is 5.92 Å². The molecule has 9 nitrogen and oxygen atoms in total. The first-order valence-electron chi connectivity index (χ1n) is 16.4. The minimum Gasteiger partial charge on any atom is -0.460 e. The van der Waals surface area contributed by atoms with Gasteiger partial charge >= 0.3 is 5.97 Å². The Bertz CT molecular complexity index is 2120. The molecule has 9 heteroatoms. The number of Topliss-reactive ketones (excluding diaryl/α,β-unsaturated/α-hetero) is 1. The SMILES string of the molecule is CCOC(=O)c1noc(C(Cc2ccc3ccccc3c2)N(C)C(=O)C(Cc2ccc3ccccc3c2)C(=O)c2cccc(CCN)c2)n1. The van der Waals surface area contributed by atoms with Crippen molar-refractivity contribution in [2.45, 2.75) is 32.2 Å². The first-order chi connectivity index (χ1) is 23.8. The summed E-state index contributed by atoms with van der Waals surface area (Å²) in [7, 11) is 1.63. The van der Waals surface area contributed by atoms with Gasteiger partial charge in [-0.1, -0.05) is 103 Å². The van der Waals surface area contributed by atoms with Crippen LogP contribution < -0.4 is 5.73 Å². The summed E-state index contributed by atoms with van der Waals surface area (Å²) in [5.41, 5.74) is 8.93. The standard InChI is InChI=1S/C40H38N4O5/c1-3-48-40(47)37-42-38(49-43-37)35(25-28-16-18-30-11-5-7-13-32(30)23-28)44(2)39(46)34(36(45)33-14-8-9-26(21-33)19-20-41)24-27-15-17-29-10-4-6-12-31(29)22-27/h4-18,21-23,34-35H,3,19-20,24-25,41H2,1-2H3. The van der Waals surface area contributed by atoms with Gasteiger partial charge in [0.25, 0.3) is 5.82 Å². The minimum absolute atomic E-state index is 0.0638. The average Bonchev–Trinajstić information content (AvgIpc) is 3.63. The van der Waals surface area contributed by atoms with Crippen molar-refractivity contribution < 1.29 is 23.6 Å². The molecule has 0 saturated heterocycles. The molecule has 0 bridgehead atoms. The Morgan fingerprint density at radius 2 is 1.41 bits per heavy atom. The highest BCUT2D eigenvalue weighted by Gasteiger charge is 2.36. The predicted octanol–water partition coefficient (Wildman–Crippen LogP) is 6.54. The maximum Gasteiger partial charge on any atom is 0.379 e.